The van der Waals surface area contributed by atoms with Crippen molar-refractivity contribution in [2.24, 2.45) is 0 Å². The lowest BCUT2D eigenvalue weighted by molar-refractivity contribution is -0.140. The number of nitrogens with one attached hydrogen (secondary N) is 2. The van der Waals surface area contributed by atoms with Crippen LogP contribution in [0.15, 0.2) is 97.1 Å². The maximum atomic E-state index is 11.2. The Morgan fingerprint density at radius 3 is 1.32 bits per heavy atom. The van der Waals surface area contributed by atoms with Crippen molar-refractivity contribution in [2.75, 3.05) is 14.1 Å². The van der Waals surface area contributed by atoms with E-state index in [9.17, 15) is 19.8 Å². The van der Waals surface area contributed by atoms with Crippen molar-refractivity contribution in [3.8, 4) is 11.5 Å². The Hall–Kier alpha value is -3.20. The fourth-order valence-corrected chi connectivity index (χ4v) is 5.34. The van der Waals surface area contributed by atoms with Gasteiger partial charge in [0, 0.05) is 20.0 Å². The first-order chi connectivity index (χ1) is 21.2. The number of carboxylic acid groups (broad SMARTS) is 2. The summed E-state index contributed by atoms with van der Waals surface area (Å²) in [5.41, 5.74) is 3.94. The van der Waals surface area contributed by atoms with Crippen molar-refractivity contribution in [3.05, 3.63) is 126 Å². The number of hydrogen-bond acceptors (Lipinski definition) is 6. The second-order valence-corrected chi connectivity index (χ2v) is 12.3. The monoisotopic (exact) mass is 822 g/mol. The summed E-state index contributed by atoms with van der Waals surface area (Å²) in [4.78, 5) is 22.4. The molecule has 0 radical (unpaired) electrons. The molecular formula is C34H36I2N2O6. The molecule has 0 spiro atoms. The van der Waals surface area contributed by atoms with Crippen LogP contribution in [0, 0.1) is 7.14 Å². The van der Waals surface area contributed by atoms with E-state index in [1.807, 2.05) is 97.1 Å². The Morgan fingerprint density at radius 2 is 1.00 bits per heavy atom. The molecule has 232 valence electrons. The minimum atomic E-state index is -0.865. The molecule has 0 bridgehead atoms. The van der Waals surface area contributed by atoms with Crippen LogP contribution in [0.5, 0.6) is 11.5 Å². The number of carbonyl (C=O) groups is 2. The van der Waals surface area contributed by atoms with Crippen LogP contribution in [0.4, 0.5) is 0 Å². The van der Waals surface area contributed by atoms with Crippen LogP contribution < -0.4 is 20.1 Å². The van der Waals surface area contributed by atoms with Crippen molar-refractivity contribution >= 4 is 57.1 Å². The lowest BCUT2D eigenvalue weighted by Crippen LogP contribution is -2.35. The Bertz CT molecular complexity index is 1380. The van der Waals surface area contributed by atoms with Gasteiger partial charge in [0.15, 0.2) is 0 Å². The van der Waals surface area contributed by atoms with Crippen LogP contribution in [0.25, 0.3) is 0 Å². The zero-order valence-corrected chi connectivity index (χ0v) is 28.8. The van der Waals surface area contributed by atoms with Gasteiger partial charge in [-0.2, -0.15) is 0 Å². The molecule has 0 saturated heterocycles. The van der Waals surface area contributed by atoms with E-state index in [1.165, 1.54) is 0 Å². The number of ether oxygens (including phenoxy) is 2. The molecule has 10 heteroatoms. The van der Waals surface area contributed by atoms with E-state index in [2.05, 4.69) is 55.8 Å². The topological polar surface area (TPSA) is 117 Å². The van der Waals surface area contributed by atoms with Gasteiger partial charge in [0.1, 0.15) is 36.8 Å². The average molecular weight is 822 g/mol. The van der Waals surface area contributed by atoms with Crippen LogP contribution in [-0.4, -0.2) is 48.3 Å². The quantitative estimate of drug-likeness (QED) is 0.112. The summed E-state index contributed by atoms with van der Waals surface area (Å²) in [6, 6.07) is 30.2. The molecule has 4 N–H and O–H groups in total. The lowest BCUT2D eigenvalue weighted by atomic mass is 10.1. The first kappa shape index (κ1) is 35.3. The predicted octanol–water partition coefficient (Wildman–Crippen LogP) is 6.17. The molecule has 0 amide bonds. The van der Waals surface area contributed by atoms with Gasteiger partial charge in [-0.3, -0.25) is 9.59 Å². The van der Waals surface area contributed by atoms with Crippen LogP contribution in [0.3, 0.4) is 0 Å². The summed E-state index contributed by atoms with van der Waals surface area (Å²) in [6.45, 7) is 0.928. The van der Waals surface area contributed by atoms with Crippen molar-refractivity contribution < 1.29 is 29.3 Å². The summed E-state index contributed by atoms with van der Waals surface area (Å²) < 4.78 is 13.9. The first-order valence-electron chi connectivity index (χ1n) is 13.9. The molecule has 2 atom stereocenters. The molecule has 0 aliphatic rings. The van der Waals surface area contributed by atoms with Gasteiger partial charge < -0.3 is 30.3 Å². The molecule has 0 aromatic heterocycles. The van der Waals surface area contributed by atoms with E-state index in [4.69, 9.17) is 9.47 Å². The predicted molar refractivity (Wildman–Crippen MR) is 188 cm³/mol. The Balaban J connectivity index is 0.000000240. The van der Waals surface area contributed by atoms with Crippen LogP contribution in [-0.2, 0) is 35.6 Å². The zero-order chi connectivity index (χ0) is 31.9. The molecule has 0 aliphatic heterocycles. The molecule has 0 heterocycles. The van der Waals surface area contributed by atoms with Gasteiger partial charge in [-0.1, -0.05) is 60.7 Å². The van der Waals surface area contributed by atoms with E-state index < -0.39 is 24.0 Å². The summed E-state index contributed by atoms with van der Waals surface area (Å²) in [7, 11) is 3.30. The highest BCUT2D eigenvalue weighted by atomic mass is 127. The third kappa shape index (κ3) is 11.7. The van der Waals surface area contributed by atoms with E-state index >= 15 is 0 Å². The van der Waals surface area contributed by atoms with Crippen LogP contribution >= 0.6 is 45.2 Å². The summed E-state index contributed by atoms with van der Waals surface area (Å²) in [6.07, 6.45) is 0.763. The highest BCUT2D eigenvalue weighted by Gasteiger charge is 2.19. The van der Waals surface area contributed by atoms with Crippen LogP contribution in [0.2, 0.25) is 0 Å². The summed E-state index contributed by atoms with van der Waals surface area (Å²) >= 11 is 4.43. The number of likely N-dealkylation sites (N-methyl/N-ethyl adjacent to an activating group) is 2. The molecule has 8 nitrogen and oxygen atoms in total. The number of rotatable bonds is 14. The molecule has 0 aliphatic carbocycles. The third-order valence-electron chi connectivity index (χ3n) is 6.66. The van der Waals surface area contributed by atoms with E-state index in [1.54, 1.807) is 14.1 Å². The van der Waals surface area contributed by atoms with Gasteiger partial charge in [0.2, 0.25) is 0 Å². The second-order valence-electron chi connectivity index (χ2n) is 9.82. The third-order valence-corrected chi connectivity index (χ3v) is 8.00. The maximum Gasteiger partial charge on any atom is 0.321 e. The number of halogens is 2. The molecule has 4 rings (SSSR count). The van der Waals surface area contributed by atoms with E-state index in [0.29, 0.717) is 26.1 Å². The molecule has 1 unspecified atom stereocenters. The Morgan fingerprint density at radius 1 is 0.636 bits per heavy atom. The standard InChI is InChI=1S/2C17H18INO3/c2*1-19-15(17(20)21)10-13-9-14(18)7-8-16(13)22-11-12-5-3-2-4-6-12/h2*2-9,15,19H,10-11H2,1H3,(H,20,21)/t15-;/m0./s1. The van der Waals surface area contributed by atoms with Gasteiger partial charge in [-0.15, -0.1) is 0 Å². The van der Waals surface area contributed by atoms with Gasteiger partial charge in [0.05, 0.1) is 0 Å². The van der Waals surface area contributed by atoms with Crippen LogP contribution in [0.1, 0.15) is 22.3 Å². The highest BCUT2D eigenvalue weighted by Crippen LogP contribution is 2.25. The summed E-state index contributed by atoms with van der Waals surface area (Å²) in [5, 5.41) is 24.0. The molecule has 4 aromatic rings. The number of carboxylic acids is 2. The van der Waals surface area contributed by atoms with Crippen molar-refractivity contribution in [1.29, 1.82) is 0 Å². The Labute approximate surface area is 285 Å². The average Bonchev–Trinajstić information content (AvgIpc) is 3.02. The minimum absolute atomic E-state index is 0.382. The number of benzene rings is 4. The minimum Gasteiger partial charge on any atom is -0.489 e. The smallest absolute Gasteiger partial charge is 0.321 e. The molecule has 4 aromatic carbocycles. The molecule has 44 heavy (non-hydrogen) atoms. The number of hydrogen-bond donors (Lipinski definition) is 4. The first-order valence-corrected chi connectivity index (χ1v) is 16.1. The fraction of sp³-hybridized carbons (Fsp3) is 0.235. The van der Waals surface area contributed by atoms with Crippen molar-refractivity contribution in [2.45, 2.75) is 38.1 Å². The largest absolute Gasteiger partial charge is 0.489 e. The van der Waals surface area contributed by atoms with Gasteiger partial charge in [0.25, 0.3) is 0 Å². The zero-order valence-electron chi connectivity index (χ0n) is 24.5. The molecular weight excluding hydrogens is 786 g/mol. The highest BCUT2D eigenvalue weighted by molar-refractivity contribution is 14.1. The van der Waals surface area contributed by atoms with Gasteiger partial charge in [-0.25, -0.2) is 0 Å². The van der Waals surface area contributed by atoms with Crippen molar-refractivity contribution in [1.82, 2.24) is 10.6 Å². The fourth-order valence-electron chi connectivity index (χ4n) is 4.23. The summed E-state index contributed by atoms with van der Waals surface area (Å²) in [5.74, 6) is -0.276. The maximum absolute atomic E-state index is 11.2. The Kier molecular flexibility index (Phi) is 14.9. The normalized spacial score (nSPS) is 11.9. The van der Waals surface area contributed by atoms with E-state index in [-0.39, 0.29) is 0 Å². The molecule has 0 saturated carbocycles. The number of aliphatic carboxylic acids is 2. The molecule has 0 fully saturated rings. The van der Waals surface area contributed by atoms with Gasteiger partial charge in [-0.05, 0) is 118 Å². The second kappa shape index (κ2) is 18.6. The van der Waals surface area contributed by atoms with Crippen molar-refractivity contribution in [3.63, 3.8) is 0 Å². The van der Waals surface area contributed by atoms with Gasteiger partial charge >= 0.3 is 11.9 Å². The lowest BCUT2D eigenvalue weighted by Gasteiger charge is -2.16. The van der Waals surface area contributed by atoms with E-state index in [0.717, 1.165) is 40.9 Å². The SMILES string of the molecule is CNC(Cc1cc(I)ccc1OCc1ccccc1)C(=O)O.CN[C@@H](Cc1cc(I)ccc1OCc1ccccc1)C(=O)O.